The molecular weight excluding hydrogens is 534 g/mol. The van der Waals surface area contributed by atoms with Crippen LogP contribution in [0.1, 0.15) is 0 Å². The highest BCUT2D eigenvalue weighted by molar-refractivity contribution is 7.53. The third-order valence-electron chi connectivity index (χ3n) is 3.70. The van der Waals surface area contributed by atoms with E-state index in [1.54, 1.807) is 18.2 Å². The van der Waals surface area contributed by atoms with Crippen LogP contribution < -0.4 is 15.7 Å². The molecule has 0 spiro atoms. The molecule has 2 rings (SSSR count). The SMILES string of the molecule is O=C(Nc1nc(=O)n(CCOCP(=O)(OCC(F)(F)F)OCC(F)(F)F)cc1F)Oc1ccccc1. The first-order valence-electron chi connectivity index (χ1n) is 9.56. The van der Waals surface area contributed by atoms with Gasteiger partial charge >= 0.3 is 31.7 Å². The molecule has 10 nitrogen and oxygen atoms in total. The molecule has 0 fully saturated rings. The van der Waals surface area contributed by atoms with Gasteiger partial charge in [-0.3, -0.25) is 23.5 Å². The number of alkyl halides is 6. The van der Waals surface area contributed by atoms with Gasteiger partial charge in [0.2, 0.25) is 0 Å². The van der Waals surface area contributed by atoms with Crippen LogP contribution in [0.5, 0.6) is 5.75 Å². The van der Waals surface area contributed by atoms with Gasteiger partial charge in [-0.05, 0) is 12.1 Å². The number of ether oxygens (including phenoxy) is 2. The number of anilines is 1. The maximum absolute atomic E-state index is 14.2. The van der Waals surface area contributed by atoms with E-state index in [0.29, 0.717) is 10.8 Å². The molecule has 18 heteroatoms. The van der Waals surface area contributed by atoms with Crippen LogP contribution in [0.25, 0.3) is 0 Å². The maximum Gasteiger partial charge on any atom is 0.418 e. The molecule has 0 unspecified atom stereocenters. The van der Waals surface area contributed by atoms with Gasteiger partial charge in [-0.25, -0.2) is 14.0 Å². The molecule has 0 bridgehead atoms. The molecule has 0 radical (unpaired) electrons. The summed E-state index contributed by atoms with van der Waals surface area (Å²) in [6, 6.07) is 7.65. The lowest BCUT2D eigenvalue weighted by atomic mass is 10.3. The number of carbonyl (C=O) groups excluding carboxylic acids is 1. The second kappa shape index (κ2) is 12.3. The van der Waals surface area contributed by atoms with E-state index < -0.39 is 76.1 Å². The van der Waals surface area contributed by atoms with Crippen molar-refractivity contribution in [3.8, 4) is 5.75 Å². The Balaban J connectivity index is 1.94. The molecular formula is C18H17F7N3O7P. The summed E-state index contributed by atoms with van der Waals surface area (Å²) < 4.78 is 118. The van der Waals surface area contributed by atoms with E-state index in [1.165, 1.54) is 12.1 Å². The van der Waals surface area contributed by atoms with Crippen molar-refractivity contribution in [3.63, 3.8) is 0 Å². The van der Waals surface area contributed by atoms with Gasteiger partial charge in [0, 0.05) is 6.20 Å². The van der Waals surface area contributed by atoms with Crippen molar-refractivity contribution in [1.29, 1.82) is 0 Å². The van der Waals surface area contributed by atoms with Crippen LogP contribution in [0.3, 0.4) is 0 Å². The molecule has 1 N–H and O–H groups in total. The third kappa shape index (κ3) is 10.7. The number of carbonyl (C=O) groups is 1. The zero-order valence-electron chi connectivity index (χ0n) is 17.8. The van der Waals surface area contributed by atoms with Gasteiger partial charge in [0.05, 0.1) is 13.2 Å². The number of nitrogens with one attached hydrogen (secondary N) is 1. The molecule has 0 saturated carbocycles. The largest absolute Gasteiger partial charge is 0.418 e. The molecule has 0 atom stereocenters. The summed E-state index contributed by atoms with van der Waals surface area (Å²) in [5.74, 6) is -1.84. The van der Waals surface area contributed by atoms with Crippen LogP contribution in [0.4, 0.5) is 41.3 Å². The average Bonchev–Trinajstić information content (AvgIpc) is 2.77. The number of nitrogens with zero attached hydrogens (tertiary/aromatic N) is 2. The minimum Gasteiger partial charge on any atom is -0.410 e. The van der Waals surface area contributed by atoms with Gasteiger partial charge in [-0.1, -0.05) is 18.2 Å². The first kappa shape index (κ1) is 29.2. The Morgan fingerprint density at radius 2 is 1.61 bits per heavy atom. The normalized spacial score (nSPS) is 12.4. The molecule has 0 aliphatic heterocycles. The van der Waals surface area contributed by atoms with Crippen molar-refractivity contribution in [2.24, 2.45) is 0 Å². The van der Waals surface area contributed by atoms with E-state index in [0.717, 1.165) is 0 Å². The number of para-hydroxylation sites is 1. The number of hydrogen-bond donors (Lipinski definition) is 1. The van der Waals surface area contributed by atoms with Gasteiger partial charge < -0.3 is 9.47 Å². The maximum atomic E-state index is 14.2. The fourth-order valence-corrected chi connectivity index (χ4v) is 3.49. The molecule has 0 saturated heterocycles. The van der Waals surface area contributed by atoms with Crippen LogP contribution in [-0.2, 0) is 24.9 Å². The summed E-state index contributed by atoms with van der Waals surface area (Å²) in [6.07, 6.45) is -11.9. The minimum absolute atomic E-state index is 0.122. The van der Waals surface area contributed by atoms with E-state index >= 15 is 0 Å². The molecule has 200 valence electrons. The van der Waals surface area contributed by atoms with Crippen molar-refractivity contribution in [2.75, 3.05) is 31.5 Å². The van der Waals surface area contributed by atoms with Crippen LogP contribution in [0.15, 0.2) is 41.3 Å². The Hall–Kier alpha value is -3.01. The van der Waals surface area contributed by atoms with Crippen molar-refractivity contribution in [2.45, 2.75) is 18.9 Å². The predicted molar refractivity (Wildman–Crippen MR) is 107 cm³/mol. The molecule has 1 aromatic carbocycles. The number of amides is 1. The summed E-state index contributed by atoms with van der Waals surface area (Å²) in [6.45, 7) is -5.49. The second-order valence-corrected chi connectivity index (χ2v) is 8.66. The third-order valence-corrected chi connectivity index (χ3v) is 5.24. The lowest BCUT2D eigenvalue weighted by Gasteiger charge is -2.20. The predicted octanol–water partition coefficient (Wildman–Crippen LogP) is 4.32. The summed E-state index contributed by atoms with van der Waals surface area (Å²) in [5.41, 5.74) is -1.11. The number of halogens is 7. The molecule has 36 heavy (non-hydrogen) atoms. The Kier molecular flexibility index (Phi) is 9.98. The quantitative estimate of drug-likeness (QED) is 0.249. The van der Waals surface area contributed by atoms with Crippen LogP contribution in [0.2, 0.25) is 0 Å². The summed E-state index contributed by atoms with van der Waals surface area (Å²) in [5, 5.41) is 1.92. The Morgan fingerprint density at radius 1 is 1.03 bits per heavy atom. The Morgan fingerprint density at radius 3 is 2.17 bits per heavy atom. The lowest BCUT2D eigenvalue weighted by molar-refractivity contribution is -0.166. The molecule has 0 aliphatic carbocycles. The molecule has 1 amide bonds. The van der Waals surface area contributed by atoms with E-state index in [-0.39, 0.29) is 5.75 Å². The number of rotatable bonds is 11. The summed E-state index contributed by atoms with van der Waals surface area (Å²) >= 11 is 0. The Bertz CT molecular complexity index is 1100. The van der Waals surface area contributed by atoms with Gasteiger partial charge in [0.25, 0.3) is 0 Å². The number of aromatic nitrogens is 2. The van der Waals surface area contributed by atoms with Crippen molar-refractivity contribution < 1.29 is 58.6 Å². The average molecular weight is 551 g/mol. The fourth-order valence-electron chi connectivity index (χ4n) is 2.23. The van der Waals surface area contributed by atoms with E-state index in [1.807, 2.05) is 5.32 Å². The minimum atomic E-state index is -5.02. The lowest BCUT2D eigenvalue weighted by Crippen LogP contribution is -2.28. The zero-order valence-corrected chi connectivity index (χ0v) is 18.7. The highest BCUT2D eigenvalue weighted by atomic mass is 31.2. The Labute approximate surface area is 197 Å². The number of hydrogen-bond acceptors (Lipinski definition) is 8. The van der Waals surface area contributed by atoms with Gasteiger partial charge in [0.15, 0.2) is 24.8 Å². The van der Waals surface area contributed by atoms with E-state index in [2.05, 4.69) is 14.0 Å². The first-order chi connectivity index (χ1) is 16.7. The molecule has 1 heterocycles. The molecule has 1 aromatic heterocycles. The summed E-state index contributed by atoms with van der Waals surface area (Å²) in [7, 11) is -5.01. The van der Waals surface area contributed by atoms with Crippen molar-refractivity contribution >= 4 is 19.5 Å². The standard InChI is InChI=1S/C18H17F7N3O7P/c19-13-8-28(15(29)26-14(13)27-16(30)35-12-4-2-1-3-5-12)6-7-32-11-36(31,33-9-17(20,21)22)34-10-18(23,24)25/h1-5,8H,6-7,9-11H2,(H,26,27,29,30). The van der Waals surface area contributed by atoms with Crippen LogP contribution >= 0.6 is 7.60 Å². The highest BCUT2D eigenvalue weighted by Gasteiger charge is 2.38. The fraction of sp³-hybridized carbons (Fsp3) is 0.389. The summed E-state index contributed by atoms with van der Waals surface area (Å²) in [4.78, 5) is 27.1. The van der Waals surface area contributed by atoms with Gasteiger partial charge in [-0.2, -0.15) is 31.3 Å². The van der Waals surface area contributed by atoms with Crippen molar-refractivity contribution in [1.82, 2.24) is 9.55 Å². The van der Waals surface area contributed by atoms with E-state index in [9.17, 15) is 44.9 Å². The monoisotopic (exact) mass is 551 g/mol. The van der Waals surface area contributed by atoms with Gasteiger partial charge in [-0.15, -0.1) is 0 Å². The van der Waals surface area contributed by atoms with Crippen LogP contribution in [-0.4, -0.2) is 54.2 Å². The first-order valence-corrected chi connectivity index (χ1v) is 11.3. The molecule has 2 aromatic rings. The van der Waals surface area contributed by atoms with Crippen molar-refractivity contribution in [3.05, 3.63) is 52.8 Å². The zero-order chi connectivity index (χ0) is 27.0. The highest BCUT2D eigenvalue weighted by Crippen LogP contribution is 2.50. The molecule has 0 aliphatic rings. The topological polar surface area (TPSA) is 118 Å². The smallest absolute Gasteiger partial charge is 0.410 e. The van der Waals surface area contributed by atoms with Crippen LogP contribution in [0, 0.1) is 5.82 Å². The number of benzene rings is 1. The van der Waals surface area contributed by atoms with E-state index in [4.69, 9.17) is 9.47 Å². The second-order valence-electron chi connectivity index (χ2n) is 6.67. The van der Waals surface area contributed by atoms with Gasteiger partial charge in [0.1, 0.15) is 12.1 Å².